The van der Waals surface area contributed by atoms with Gasteiger partial charge in [-0.2, -0.15) is 0 Å². The lowest BCUT2D eigenvalue weighted by molar-refractivity contribution is -0.133. The standard InChI is InChI=1S/C28H31FN2O/c1-20-10-13-23(14-11-20)28-27-25(21(2)19-24(29)9-6-17-30-27)16-18-31(28)26(32)15-12-22-7-4-3-5-8-22/h3-11,13-14,19,21,28,30H,12,15-18H2,1-2H3/b9-6-,24-19+. The Morgan fingerprint density at radius 3 is 2.62 bits per heavy atom. The normalized spacial score (nSPS) is 23.7. The Kier molecular flexibility index (Phi) is 6.89. The molecule has 0 aliphatic carbocycles. The zero-order valence-corrected chi connectivity index (χ0v) is 18.9. The number of allylic oxidation sites excluding steroid dienone is 3. The number of benzene rings is 2. The number of carbonyl (C=O) groups is 1. The molecule has 4 heteroatoms. The Bertz CT molecular complexity index is 1040. The summed E-state index contributed by atoms with van der Waals surface area (Å²) in [4.78, 5) is 15.4. The van der Waals surface area contributed by atoms with Crippen molar-refractivity contribution in [2.24, 2.45) is 5.92 Å². The maximum Gasteiger partial charge on any atom is 0.223 e. The fourth-order valence-corrected chi connectivity index (χ4v) is 4.66. The first-order chi connectivity index (χ1) is 15.5. The van der Waals surface area contributed by atoms with Crippen LogP contribution in [-0.4, -0.2) is 23.9 Å². The third kappa shape index (κ3) is 5.01. The van der Waals surface area contributed by atoms with E-state index in [1.54, 1.807) is 12.2 Å². The average Bonchev–Trinajstić information content (AvgIpc) is 2.87. The van der Waals surface area contributed by atoms with Crippen molar-refractivity contribution < 1.29 is 9.18 Å². The molecule has 1 N–H and O–H groups in total. The van der Waals surface area contributed by atoms with Gasteiger partial charge in [0.1, 0.15) is 5.83 Å². The molecular formula is C28H31FN2O. The number of rotatable bonds is 4. The van der Waals surface area contributed by atoms with Crippen molar-refractivity contribution >= 4 is 5.91 Å². The van der Waals surface area contributed by atoms with Crippen LogP contribution in [-0.2, 0) is 11.2 Å². The second-order valence-electron chi connectivity index (χ2n) is 8.70. The highest BCUT2D eigenvalue weighted by atomic mass is 19.1. The average molecular weight is 431 g/mol. The minimum atomic E-state index is -0.207. The highest BCUT2D eigenvalue weighted by Crippen LogP contribution is 2.38. The number of nitrogens with one attached hydrogen (secondary N) is 1. The monoisotopic (exact) mass is 430 g/mol. The van der Waals surface area contributed by atoms with E-state index in [0.717, 1.165) is 24.1 Å². The van der Waals surface area contributed by atoms with Crippen LogP contribution >= 0.6 is 0 Å². The van der Waals surface area contributed by atoms with E-state index in [-0.39, 0.29) is 23.7 Å². The van der Waals surface area contributed by atoms with Gasteiger partial charge in [0.25, 0.3) is 0 Å². The molecule has 0 bridgehead atoms. The van der Waals surface area contributed by atoms with E-state index in [0.29, 0.717) is 19.5 Å². The Hall–Kier alpha value is -3.14. The quantitative estimate of drug-likeness (QED) is 0.664. The summed E-state index contributed by atoms with van der Waals surface area (Å²) >= 11 is 0. The summed E-state index contributed by atoms with van der Waals surface area (Å²) in [5.41, 5.74) is 5.66. The van der Waals surface area contributed by atoms with Crippen LogP contribution in [0.25, 0.3) is 0 Å². The summed E-state index contributed by atoms with van der Waals surface area (Å²) in [7, 11) is 0. The summed E-state index contributed by atoms with van der Waals surface area (Å²) in [6.45, 7) is 5.27. The van der Waals surface area contributed by atoms with Crippen molar-refractivity contribution in [3.63, 3.8) is 0 Å². The van der Waals surface area contributed by atoms with E-state index >= 15 is 0 Å². The maximum atomic E-state index is 14.2. The van der Waals surface area contributed by atoms with Gasteiger partial charge < -0.3 is 10.2 Å². The number of hydrogen-bond donors (Lipinski definition) is 1. The lowest BCUT2D eigenvalue weighted by atomic mass is 9.85. The molecule has 0 spiro atoms. The second kappa shape index (κ2) is 9.99. The summed E-state index contributed by atoms with van der Waals surface area (Å²) in [6, 6.07) is 18.4. The molecule has 1 amide bonds. The molecular weight excluding hydrogens is 399 g/mol. The zero-order chi connectivity index (χ0) is 22.5. The van der Waals surface area contributed by atoms with Crippen LogP contribution < -0.4 is 5.32 Å². The molecule has 0 saturated carbocycles. The predicted octanol–water partition coefficient (Wildman–Crippen LogP) is 5.80. The Labute approximate surface area is 190 Å². The van der Waals surface area contributed by atoms with Crippen LogP contribution in [0.15, 0.2) is 89.9 Å². The van der Waals surface area contributed by atoms with Crippen molar-refractivity contribution in [3.8, 4) is 0 Å². The lowest BCUT2D eigenvalue weighted by Crippen LogP contribution is -2.44. The van der Waals surface area contributed by atoms with Crippen LogP contribution in [0.5, 0.6) is 0 Å². The molecule has 2 aliphatic rings. The van der Waals surface area contributed by atoms with E-state index in [9.17, 15) is 9.18 Å². The smallest absolute Gasteiger partial charge is 0.223 e. The number of carbonyl (C=O) groups excluding carboxylic acids is 1. The van der Waals surface area contributed by atoms with Gasteiger partial charge in [-0.25, -0.2) is 4.39 Å². The van der Waals surface area contributed by atoms with E-state index in [2.05, 4.69) is 48.6 Å². The second-order valence-corrected chi connectivity index (χ2v) is 8.70. The summed E-state index contributed by atoms with van der Waals surface area (Å²) < 4.78 is 14.2. The van der Waals surface area contributed by atoms with Gasteiger partial charge in [0.15, 0.2) is 0 Å². The van der Waals surface area contributed by atoms with Gasteiger partial charge in [-0.05, 0) is 48.6 Å². The van der Waals surface area contributed by atoms with Gasteiger partial charge in [0.2, 0.25) is 5.91 Å². The third-order valence-electron chi connectivity index (χ3n) is 6.38. The molecule has 2 aromatic carbocycles. The summed E-state index contributed by atoms with van der Waals surface area (Å²) in [5.74, 6) is -0.0892. The van der Waals surface area contributed by atoms with E-state index in [1.807, 2.05) is 30.0 Å². The van der Waals surface area contributed by atoms with Crippen LogP contribution in [0, 0.1) is 12.8 Å². The topological polar surface area (TPSA) is 32.3 Å². The molecule has 2 aliphatic heterocycles. The minimum Gasteiger partial charge on any atom is -0.383 e. The van der Waals surface area contributed by atoms with Crippen LogP contribution in [0.2, 0.25) is 0 Å². The van der Waals surface area contributed by atoms with Crippen molar-refractivity contribution in [3.05, 3.63) is 107 Å². The third-order valence-corrected chi connectivity index (χ3v) is 6.38. The molecule has 2 atom stereocenters. The highest BCUT2D eigenvalue weighted by molar-refractivity contribution is 5.78. The molecule has 3 nitrogen and oxygen atoms in total. The molecule has 166 valence electrons. The van der Waals surface area contributed by atoms with Crippen molar-refractivity contribution in [2.75, 3.05) is 13.1 Å². The van der Waals surface area contributed by atoms with Gasteiger partial charge in [-0.3, -0.25) is 4.79 Å². The first-order valence-electron chi connectivity index (χ1n) is 11.4. The van der Waals surface area contributed by atoms with Gasteiger partial charge in [-0.15, -0.1) is 0 Å². The Balaban J connectivity index is 1.68. The van der Waals surface area contributed by atoms with E-state index in [1.165, 1.54) is 22.8 Å². The molecule has 0 fully saturated rings. The Morgan fingerprint density at radius 1 is 1.12 bits per heavy atom. The van der Waals surface area contributed by atoms with Gasteiger partial charge in [0.05, 0.1) is 6.04 Å². The Morgan fingerprint density at radius 2 is 1.88 bits per heavy atom. The van der Waals surface area contributed by atoms with Crippen LogP contribution in [0.1, 0.15) is 42.5 Å². The SMILES string of the molecule is Cc1ccc(C2C3=C(CCN2C(=O)CCc2ccccc2)C(C)/C=C(F)\C=C/CN3)cc1. The molecule has 32 heavy (non-hydrogen) atoms. The molecule has 0 saturated heterocycles. The maximum absolute atomic E-state index is 14.2. The summed E-state index contributed by atoms with van der Waals surface area (Å²) in [5, 5.41) is 3.54. The van der Waals surface area contributed by atoms with Crippen molar-refractivity contribution in [1.29, 1.82) is 0 Å². The lowest BCUT2D eigenvalue weighted by Gasteiger charge is -2.41. The molecule has 0 aromatic heterocycles. The largest absolute Gasteiger partial charge is 0.383 e. The molecule has 2 unspecified atom stereocenters. The van der Waals surface area contributed by atoms with E-state index < -0.39 is 0 Å². The van der Waals surface area contributed by atoms with Crippen LogP contribution in [0.4, 0.5) is 4.39 Å². The van der Waals surface area contributed by atoms with Crippen molar-refractivity contribution in [1.82, 2.24) is 10.2 Å². The predicted molar refractivity (Wildman–Crippen MR) is 128 cm³/mol. The highest BCUT2D eigenvalue weighted by Gasteiger charge is 2.35. The van der Waals surface area contributed by atoms with E-state index in [4.69, 9.17) is 0 Å². The first kappa shape index (κ1) is 22.1. The first-order valence-corrected chi connectivity index (χ1v) is 11.4. The fraction of sp³-hybridized carbons (Fsp3) is 0.321. The van der Waals surface area contributed by atoms with Gasteiger partial charge >= 0.3 is 0 Å². The zero-order valence-electron chi connectivity index (χ0n) is 18.9. The number of amides is 1. The van der Waals surface area contributed by atoms with Crippen LogP contribution in [0.3, 0.4) is 0 Å². The minimum absolute atomic E-state index is 0.0326. The van der Waals surface area contributed by atoms with Gasteiger partial charge in [-0.1, -0.05) is 73.2 Å². The number of nitrogens with zero attached hydrogens (tertiary/aromatic N) is 1. The fourth-order valence-electron chi connectivity index (χ4n) is 4.66. The number of halogens is 1. The number of hydrogen-bond acceptors (Lipinski definition) is 2. The molecule has 0 radical (unpaired) electrons. The molecule has 2 heterocycles. The summed E-state index contributed by atoms with van der Waals surface area (Å²) in [6.07, 6.45) is 6.94. The molecule has 4 rings (SSSR count). The van der Waals surface area contributed by atoms with Crippen molar-refractivity contribution in [2.45, 2.75) is 39.2 Å². The number of aryl methyl sites for hydroxylation is 2. The van der Waals surface area contributed by atoms with Gasteiger partial charge in [0, 0.05) is 31.1 Å². The molecule has 2 aromatic rings.